The molecule has 0 radical (unpaired) electrons. The molecule has 7 aliphatic heterocycles. The lowest BCUT2D eigenvalue weighted by Gasteiger charge is -2.50. The van der Waals surface area contributed by atoms with Gasteiger partial charge in [-0.25, -0.2) is 4.79 Å². The number of ether oxygens (including phenoxy) is 7. The number of carbonyl (C=O) groups is 1. The van der Waals surface area contributed by atoms with Crippen molar-refractivity contribution in [3.8, 4) is 0 Å². The fourth-order valence-corrected chi connectivity index (χ4v) is 10.5. The lowest BCUT2D eigenvalue weighted by molar-refractivity contribution is -0.321. The highest BCUT2D eigenvalue weighted by Gasteiger charge is 2.55. The molecule has 0 aromatic heterocycles. The van der Waals surface area contributed by atoms with Crippen molar-refractivity contribution in [2.75, 3.05) is 6.61 Å². The maximum atomic E-state index is 11.6. The summed E-state index contributed by atoms with van der Waals surface area (Å²) in [6, 6.07) is 0. The molecule has 17 atom stereocenters. The standard InChI is InChI=1S/C44H68O13/c1-25-21-34(55-44(23-25)35(46)12-11-31(54-44)24-41(6,50)40(48)49)26(2)9-10-30-14-18-43(53-30)19-15-33-39(57-43)36(47)29(5)38(52-33)32(45)22-28(4)37-27(3)13-17-42(56-37)16-7-8-20-51-42/h9-10,23,26-28,30-39,45-47,50H,5,7-8,11-22,24H2,1-4,6H3,(H,48,49)/b10-9+/t26-,27-,28+,30+,31+,32+,33-,34+,35-,36-,37+,38+,39-,41?,42+,43-,44-/m1/s1. The number of rotatable bonds is 10. The van der Waals surface area contributed by atoms with Crippen LogP contribution in [0.5, 0.6) is 0 Å². The number of aliphatic carboxylic acids is 1. The van der Waals surface area contributed by atoms with Gasteiger partial charge in [0.15, 0.2) is 17.2 Å². The van der Waals surface area contributed by atoms with Gasteiger partial charge in [-0.1, -0.05) is 45.1 Å². The fourth-order valence-electron chi connectivity index (χ4n) is 10.5. The van der Waals surface area contributed by atoms with Gasteiger partial charge in [0.1, 0.15) is 24.4 Å². The first kappa shape index (κ1) is 43.3. The van der Waals surface area contributed by atoms with E-state index in [-0.39, 0.29) is 36.6 Å². The summed E-state index contributed by atoms with van der Waals surface area (Å²) < 4.78 is 45.2. The predicted molar refractivity (Wildman–Crippen MR) is 208 cm³/mol. The van der Waals surface area contributed by atoms with Crippen LogP contribution in [0.2, 0.25) is 0 Å². The van der Waals surface area contributed by atoms with E-state index in [9.17, 15) is 30.3 Å². The van der Waals surface area contributed by atoms with Crippen LogP contribution in [-0.2, 0) is 38.0 Å². The maximum Gasteiger partial charge on any atom is 0.335 e. The highest BCUT2D eigenvalue weighted by atomic mass is 16.7. The Morgan fingerprint density at radius 2 is 1.75 bits per heavy atom. The first-order valence-electron chi connectivity index (χ1n) is 21.7. The largest absolute Gasteiger partial charge is 0.479 e. The molecule has 0 aliphatic carbocycles. The number of carboxylic acid groups (broad SMARTS) is 1. The van der Waals surface area contributed by atoms with E-state index in [1.165, 1.54) is 6.92 Å². The molecule has 57 heavy (non-hydrogen) atoms. The Kier molecular flexibility index (Phi) is 12.9. The van der Waals surface area contributed by atoms with Crippen LogP contribution in [0.1, 0.15) is 125 Å². The Bertz CT molecular complexity index is 1510. The summed E-state index contributed by atoms with van der Waals surface area (Å²) >= 11 is 0. The normalized spacial score (nSPS) is 45.4. The Morgan fingerprint density at radius 3 is 2.49 bits per heavy atom. The van der Waals surface area contributed by atoms with Crippen LogP contribution in [0.15, 0.2) is 36.0 Å². The molecular formula is C44H68O13. The first-order chi connectivity index (χ1) is 26.9. The van der Waals surface area contributed by atoms with Crippen molar-refractivity contribution in [2.45, 2.75) is 209 Å². The smallest absolute Gasteiger partial charge is 0.335 e. The average Bonchev–Trinajstić information content (AvgIpc) is 3.56. The summed E-state index contributed by atoms with van der Waals surface area (Å²) in [5, 5.41) is 54.0. The Morgan fingerprint density at radius 1 is 1.00 bits per heavy atom. The summed E-state index contributed by atoms with van der Waals surface area (Å²) in [5.41, 5.74) is -0.551. The molecule has 7 heterocycles. The molecule has 7 rings (SSSR count). The van der Waals surface area contributed by atoms with Crippen molar-refractivity contribution in [1.29, 1.82) is 0 Å². The minimum absolute atomic E-state index is 0.0423. The van der Waals surface area contributed by atoms with Gasteiger partial charge in [-0.3, -0.25) is 0 Å². The quantitative estimate of drug-likeness (QED) is 0.182. The Hall–Kier alpha value is -1.75. The molecule has 322 valence electrons. The van der Waals surface area contributed by atoms with Crippen molar-refractivity contribution < 1.29 is 63.5 Å². The zero-order chi connectivity index (χ0) is 40.9. The van der Waals surface area contributed by atoms with E-state index in [4.69, 9.17) is 33.2 Å². The topological polar surface area (TPSA) is 183 Å². The van der Waals surface area contributed by atoms with E-state index in [1.807, 2.05) is 19.9 Å². The van der Waals surface area contributed by atoms with E-state index >= 15 is 0 Å². The van der Waals surface area contributed by atoms with Gasteiger partial charge in [0, 0.05) is 38.0 Å². The SMILES string of the molecule is C=C1[C@@H](O)[C@@H]2O[C@]3(CC[C@H](/C=C/[C@@H](C)[C@@H]4CC(C)=C[C@@]5(O[C@H](CC(C)(O)C(=O)O)CC[C@H]5O)O4)O3)CC[C@H]2O[C@@H]1[C@@H](O)C[C@H](C)[C@H]1O[C@@]2(CCCCO2)CC[C@H]1C. The molecule has 0 aromatic rings. The van der Waals surface area contributed by atoms with Gasteiger partial charge in [-0.05, 0) is 95.1 Å². The van der Waals surface area contributed by atoms with Crippen LogP contribution in [0.25, 0.3) is 0 Å². The van der Waals surface area contributed by atoms with Gasteiger partial charge < -0.3 is 58.7 Å². The zero-order valence-corrected chi connectivity index (χ0v) is 34.6. The molecule has 0 bridgehead atoms. The zero-order valence-electron chi connectivity index (χ0n) is 34.6. The number of hydrogen-bond acceptors (Lipinski definition) is 12. The molecule has 5 N–H and O–H groups in total. The van der Waals surface area contributed by atoms with Crippen molar-refractivity contribution in [3.63, 3.8) is 0 Å². The minimum Gasteiger partial charge on any atom is -0.479 e. The third kappa shape index (κ3) is 9.15. The number of carboxylic acids is 1. The molecule has 0 aromatic carbocycles. The third-order valence-corrected chi connectivity index (χ3v) is 14.0. The van der Waals surface area contributed by atoms with Crippen LogP contribution in [-0.4, -0.2) is 122 Å². The van der Waals surface area contributed by atoms with Crippen LogP contribution in [0.3, 0.4) is 0 Å². The summed E-state index contributed by atoms with van der Waals surface area (Å²) in [5.74, 6) is -3.82. The highest BCUT2D eigenvalue weighted by Crippen LogP contribution is 2.47. The number of aliphatic hydroxyl groups is 4. The molecule has 0 saturated carbocycles. The monoisotopic (exact) mass is 804 g/mol. The second-order valence-electron chi connectivity index (χ2n) is 18.9. The molecule has 6 saturated heterocycles. The fraction of sp³-hybridized carbons (Fsp3) is 0.841. The van der Waals surface area contributed by atoms with Crippen LogP contribution >= 0.6 is 0 Å². The second kappa shape index (κ2) is 17.0. The van der Waals surface area contributed by atoms with Crippen molar-refractivity contribution in [2.24, 2.45) is 17.8 Å². The van der Waals surface area contributed by atoms with Crippen LogP contribution < -0.4 is 0 Å². The molecule has 13 nitrogen and oxygen atoms in total. The van der Waals surface area contributed by atoms with E-state index in [2.05, 4.69) is 26.5 Å². The van der Waals surface area contributed by atoms with Crippen molar-refractivity contribution in [1.82, 2.24) is 0 Å². The Balaban J connectivity index is 0.920. The number of aliphatic hydroxyl groups excluding tert-OH is 3. The van der Waals surface area contributed by atoms with Crippen molar-refractivity contribution >= 4 is 5.97 Å². The van der Waals surface area contributed by atoms with Gasteiger partial charge in [-0.2, -0.15) is 0 Å². The molecule has 6 fully saturated rings. The first-order valence-corrected chi connectivity index (χ1v) is 21.7. The van der Waals surface area contributed by atoms with E-state index in [0.29, 0.717) is 56.4 Å². The lowest BCUT2D eigenvalue weighted by Crippen LogP contribution is -2.60. The lowest BCUT2D eigenvalue weighted by atomic mass is 9.79. The molecule has 13 heteroatoms. The molecular weight excluding hydrogens is 736 g/mol. The third-order valence-electron chi connectivity index (χ3n) is 14.0. The Labute approximate surface area is 337 Å². The van der Waals surface area contributed by atoms with E-state index in [0.717, 1.165) is 50.7 Å². The van der Waals surface area contributed by atoms with Crippen LogP contribution in [0.4, 0.5) is 0 Å². The van der Waals surface area contributed by atoms with E-state index in [1.54, 1.807) is 6.08 Å². The van der Waals surface area contributed by atoms with Gasteiger partial charge in [0.25, 0.3) is 0 Å². The molecule has 1 unspecified atom stereocenters. The van der Waals surface area contributed by atoms with Gasteiger partial charge in [0.2, 0.25) is 5.79 Å². The van der Waals surface area contributed by atoms with Crippen molar-refractivity contribution in [3.05, 3.63) is 36.0 Å². The predicted octanol–water partition coefficient (Wildman–Crippen LogP) is 5.21. The minimum atomic E-state index is -1.96. The van der Waals surface area contributed by atoms with Gasteiger partial charge >= 0.3 is 5.97 Å². The highest BCUT2D eigenvalue weighted by molar-refractivity contribution is 5.76. The maximum absolute atomic E-state index is 11.6. The van der Waals surface area contributed by atoms with Gasteiger partial charge in [0.05, 0.1) is 43.2 Å². The molecule has 3 spiro atoms. The number of hydrogen-bond donors (Lipinski definition) is 5. The molecule has 0 amide bonds. The summed E-state index contributed by atoms with van der Waals surface area (Å²) in [4.78, 5) is 11.6. The summed E-state index contributed by atoms with van der Waals surface area (Å²) in [6.45, 7) is 14.5. The summed E-state index contributed by atoms with van der Waals surface area (Å²) in [6.07, 6.45) is 9.37. The number of fused-ring (bicyclic) bond motifs is 1. The van der Waals surface area contributed by atoms with E-state index < -0.39 is 71.7 Å². The van der Waals surface area contributed by atoms with Crippen LogP contribution in [0, 0.1) is 17.8 Å². The second-order valence-corrected chi connectivity index (χ2v) is 18.9. The molecule has 7 aliphatic rings. The summed E-state index contributed by atoms with van der Waals surface area (Å²) in [7, 11) is 0. The average molecular weight is 805 g/mol. The van der Waals surface area contributed by atoms with Gasteiger partial charge in [-0.15, -0.1) is 0 Å².